The summed E-state index contributed by atoms with van der Waals surface area (Å²) >= 11 is 1.84. The van der Waals surface area contributed by atoms with E-state index in [4.69, 9.17) is 15.0 Å². The number of aromatic nitrogens is 4. The Morgan fingerprint density at radius 3 is 1.58 bits per heavy atom. The lowest BCUT2D eigenvalue weighted by molar-refractivity contribution is 1.07. The number of hydrogen-bond donors (Lipinski definition) is 0. The molecule has 9 aromatic carbocycles. The van der Waals surface area contributed by atoms with Crippen LogP contribution in [0, 0.1) is 0 Å². The molecule has 0 fully saturated rings. The van der Waals surface area contributed by atoms with E-state index in [-0.39, 0.29) is 0 Å². The molecule has 0 aliphatic heterocycles. The fourth-order valence-electron chi connectivity index (χ4n) is 8.95. The van der Waals surface area contributed by atoms with Crippen LogP contribution in [0.1, 0.15) is 0 Å². The van der Waals surface area contributed by atoms with E-state index < -0.39 is 0 Å². The lowest BCUT2D eigenvalue weighted by Crippen LogP contribution is -2.03. The van der Waals surface area contributed by atoms with Gasteiger partial charge in [-0.25, -0.2) is 15.0 Å². The van der Waals surface area contributed by atoms with Crippen molar-refractivity contribution in [3.8, 4) is 62.1 Å². The van der Waals surface area contributed by atoms with Gasteiger partial charge >= 0.3 is 0 Å². The lowest BCUT2D eigenvalue weighted by Gasteiger charge is -2.20. The number of benzene rings is 9. The molecule has 5 heteroatoms. The van der Waals surface area contributed by atoms with Gasteiger partial charge in [-0.1, -0.05) is 176 Å². The van der Waals surface area contributed by atoms with E-state index in [1.807, 2.05) is 29.5 Å². The topological polar surface area (TPSA) is 43.6 Å². The minimum absolute atomic E-state index is 0.619. The van der Waals surface area contributed by atoms with E-state index in [1.54, 1.807) is 0 Å². The first-order valence-electron chi connectivity index (χ1n) is 20.2. The fourth-order valence-corrected chi connectivity index (χ4v) is 10.2. The average Bonchev–Trinajstić information content (AvgIpc) is 3.88. The summed E-state index contributed by atoms with van der Waals surface area (Å²) in [6, 6.07) is 73.3. The van der Waals surface area contributed by atoms with Gasteiger partial charge in [-0.2, -0.15) is 0 Å². The van der Waals surface area contributed by atoms with E-state index in [0.29, 0.717) is 17.5 Å². The van der Waals surface area contributed by atoms with Gasteiger partial charge in [0.25, 0.3) is 0 Å². The smallest absolute Gasteiger partial charge is 0.164 e. The molecule has 280 valence electrons. The summed E-state index contributed by atoms with van der Waals surface area (Å²) in [6.07, 6.45) is 0. The zero-order valence-corrected chi connectivity index (χ0v) is 33.1. The Morgan fingerprint density at radius 2 is 0.850 bits per heavy atom. The van der Waals surface area contributed by atoms with Crippen molar-refractivity contribution in [2.45, 2.75) is 0 Å². The van der Waals surface area contributed by atoms with Gasteiger partial charge in [0.15, 0.2) is 17.5 Å². The number of nitrogens with zero attached hydrogens (tertiary/aromatic N) is 4. The highest BCUT2D eigenvalue weighted by Crippen LogP contribution is 2.44. The van der Waals surface area contributed by atoms with Gasteiger partial charge in [0.1, 0.15) is 0 Å². The molecule has 0 spiro atoms. The van der Waals surface area contributed by atoms with E-state index >= 15 is 0 Å². The summed E-state index contributed by atoms with van der Waals surface area (Å²) in [5.74, 6) is 1.87. The summed E-state index contributed by atoms with van der Waals surface area (Å²) in [5, 5.41) is 7.18. The molecule has 12 rings (SSSR count). The zero-order chi connectivity index (χ0) is 39.6. The van der Waals surface area contributed by atoms with Crippen molar-refractivity contribution < 1.29 is 0 Å². The first-order chi connectivity index (χ1) is 29.8. The molecule has 0 radical (unpaired) electrons. The van der Waals surface area contributed by atoms with Crippen LogP contribution in [0.15, 0.2) is 206 Å². The third-order valence-electron chi connectivity index (χ3n) is 11.7. The predicted molar refractivity (Wildman–Crippen MR) is 252 cm³/mol. The number of fused-ring (bicyclic) bond motifs is 7. The van der Waals surface area contributed by atoms with Crippen LogP contribution in [0.25, 0.3) is 115 Å². The van der Waals surface area contributed by atoms with Crippen molar-refractivity contribution in [1.82, 2.24) is 19.5 Å². The van der Waals surface area contributed by atoms with E-state index in [1.165, 1.54) is 36.5 Å². The number of para-hydroxylation sites is 2. The second-order valence-corrected chi connectivity index (χ2v) is 16.2. The molecule has 0 unspecified atom stereocenters. The molecule has 0 atom stereocenters. The van der Waals surface area contributed by atoms with Gasteiger partial charge in [-0.05, 0) is 57.8 Å². The molecule has 0 aliphatic carbocycles. The summed E-state index contributed by atoms with van der Waals surface area (Å²) in [4.78, 5) is 15.9. The number of rotatable bonds is 6. The Kier molecular flexibility index (Phi) is 8.00. The Balaban J connectivity index is 1.13. The molecule has 0 saturated heterocycles. The summed E-state index contributed by atoms with van der Waals surface area (Å²) in [5.41, 5.74) is 10.8. The minimum Gasteiger partial charge on any atom is -0.309 e. The Bertz CT molecular complexity index is 3550. The average molecular weight is 783 g/mol. The van der Waals surface area contributed by atoms with Gasteiger partial charge in [0.05, 0.1) is 16.7 Å². The third-order valence-corrected chi connectivity index (χ3v) is 12.9. The molecule has 0 saturated carbocycles. The van der Waals surface area contributed by atoms with Gasteiger partial charge in [-0.3, -0.25) is 0 Å². The molecule has 0 aliphatic rings. The molecule has 12 aromatic rings. The van der Waals surface area contributed by atoms with Crippen LogP contribution in [-0.2, 0) is 0 Å². The highest BCUT2D eigenvalue weighted by atomic mass is 32.1. The van der Waals surface area contributed by atoms with Crippen molar-refractivity contribution in [3.05, 3.63) is 206 Å². The fraction of sp³-hybridized carbons (Fsp3) is 0. The van der Waals surface area contributed by atoms with Crippen LogP contribution in [-0.4, -0.2) is 19.5 Å². The van der Waals surface area contributed by atoms with Crippen molar-refractivity contribution in [1.29, 1.82) is 0 Å². The first kappa shape index (κ1) is 34.3. The third kappa shape index (κ3) is 5.55. The Hall–Kier alpha value is -7.73. The van der Waals surface area contributed by atoms with Crippen molar-refractivity contribution in [3.63, 3.8) is 0 Å². The van der Waals surface area contributed by atoms with E-state index in [9.17, 15) is 0 Å². The van der Waals surface area contributed by atoms with Gasteiger partial charge in [0.2, 0.25) is 0 Å². The molecule has 0 amide bonds. The SMILES string of the molecule is c1ccc(-c2nc(-c3cccc(-c4cccc5c4sc4ccccc45)c3)nc(-c3cc(-n4c5ccccc5c5ccccc54)c(-c4ccccc4)c4ccccc34)n2)cc1. The molecule has 0 N–H and O–H groups in total. The molecule has 3 heterocycles. The van der Waals surface area contributed by atoms with Crippen LogP contribution in [0.4, 0.5) is 0 Å². The van der Waals surface area contributed by atoms with Gasteiger partial charge in [0, 0.05) is 53.2 Å². The van der Waals surface area contributed by atoms with Crippen LogP contribution in [0.2, 0.25) is 0 Å². The maximum Gasteiger partial charge on any atom is 0.164 e. The van der Waals surface area contributed by atoms with Crippen molar-refractivity contribution in [2.24, 2.45) is 0 Å². The highest BCUT2D eigenvalue weighted by molar-refractivity contribution is 7.26. The van der Waals surface area contributed by atoms with Crippen LogP contribution in [0.5, 0.6) is 0 Å². The maximum atomic E-state index is 5.40. The first-order valence-corrected chi connectivity index (χ1v) is 21.0. The molecule has 4 nitrogen and oxygen atoms in total. The molecule has 3 aromatic heterocycles. The quantitative estimate of drug-likeness (QED) is 0.169. The standard InChI is InChI=1S/C55H34N4S/c1-3-17-35(18-4-1)51-44-27-8-7-23-40(44)46(34-49(51)59-47-30-12-9-24-41(47)42-25-10-13-31-48(42)59)55-57-53(36-19-5-2-6-20-36)56-54(58-55)38-22-15-21-37(33-38)39-28-16-29-45-43-26-11-14-32-50(43)60-52(39)45/h1-34H. The highest BCUT2D eigenvalue weighted by Gasteiger charge is 2.23. The molecular weight excluding hydrogens is 749 g/mol. The Morgan fingerprint density at radius 1 is 0.333 bits per heavy atom. The molecule has 60 heavy (non-hydrogen) atoms. The largest absolute Gasteiger partial charge is 0.309 e. The van der Waals surface area contributed by atoms with Crippen LogP contribution in [0.3, 0.4) is 0 Å². The summed E-state index contributed by atoms with van der Waals surface area (Å²) in [7, 11) is 0. The van der Waals surface area contributed by atoms with E-state index in [2.05, 4.69) is 193 Å². The van der Waals surface area contributed by atoms with Crippen LogP contribution >= 0.6 is 11.3 Å². The van der Waals surface area contributed by atoms with Crippen molar-refractivity contribution in [2.75, 3.05) is 0 Å². The van der Waals surface area contributed by atoms with Crippen LogP contribution < -0.4 is 0 Å². The summed E-state index contributed by atoms with van der Waals surface area (Å²) in [6.45, 7) is 0. The predicted octanol–water partition coefficient (Wildman–Crippen LogP) is 14.8. The zero-order valence-electron chi connectivity index (χ0n) is 32.3. The number of thiophene rings is 1. The normalized spacial score (nSPS) is 11.7. The second-order valence-electron chi connectivity index (χ2n) is 15.1. The lowest BCUT2D eigenvalue weighted by atomic mass is 9.92. The maximum absolute atomic E-state index is 5.40. The Labute approximate surface area is 350 Å². The summed E-state index contributed by atoms with van der Waals surface area (Å²) < 4.78 is 4.98. The monoisotopic (exact) mass is 782 g/mol. The second kappa shape index (κ2) is 14.0. The van der Waals surface area contributed by atoms with Gasteiger partial charge < -0.3 is 4.57 Å². The van der Waals surface area contributed by atoms with Gasteiger partial charge in [-0.15, -0.1) is 11.3 Å². The molecule has 0 bridgehead atoms. The molecular formula is C55H34N4S. The number of hydrogen-bond acceptors (Lipinski definition) is 4. The van der Waals surface area contributed by atoms with E-state index in [0.717, 1.165) is 60.9 Å². The van der Waals surface area contributed by atoms with Crippen molar-refractivity contribution >= 4 is 64.1 Å². The minimum atomic E-state index is 0.619.